The van der Waals surface area contributed by atoms with Gasteiger partial charge in [-0.1, -0.05) is 30.3 Å². The predicted octanol–water partition coefficient (Wildman–Crippen LogP) is 4.18. The standard InChI is InChI=1S/C21H24N4O2/c1-15-12-20(23-18-11-10-17(26-3)13-19(18)27-4)24-21(22-15)25(2)14-16-8-6-5-7-9-16/h5-13H,14H2,1-4H3,(H,22,23,24). The molecular formula is C21H24N4O2. The van der Waals surface area contributed by atoms with E-state index in [4.69, 9.17) is 9.47 Å². The molecule has 0 aliphatic heterocycles. The minimum absolute atomic E-state index is 0.661. The number of anilines is 3. The van der Waals surface area contributed by atoms with Crippen LogP contribution < -0.4 is 19.7 Å². The van der Waals surface area contributed by atoms with Crippen LogP contribution in [-0.4, -0.2) is 31.2 Å². The quantitative estimate of drug-likeness (QED) is 0.679. The molecule has 3 aromatic rings. The Hall–Kier alpha value is -3.28. The molecule has 1 N–H and O–H groups in total. The zero-order valence-electron chi connectivity index (χ0n) is 16.1. The number of aromatic nitrogens is 2. The molecule has 0 saturated heterocycles. The molecule has 0 aliphatic carbocycles. The maximum atomic E-state index is 5.45. The van der Waals surface area contributed by atoms with E-state index in [2.05, 4.69) is 27.4 Å². The van der Waals surface area contributed by atoms with Gasteiger partial charge < -0.3 is 19.7 Å². The molecule has 6 heteroatoms. The van der Waals surface area contributed by atoms with Gasteiger partial charge in [-0.05, 0) is 24.6 Å². The first-order valence-corrected chi connectivity index (χ1v) is 8.69. The summed E-state index contributed by atoms with van der Waals surface area (Å²) in [6.45, 7) is 2.69. The summed E-state index contributed by atoms with van der Waals surface area (Å²) in [6, 6.07) is 17.8. The Kier molecular flexibility index (Phi) is 5.76. The van der Waals surface area contributed by atoms with Gasteiger partial charge in [0.25, 0.3) is 0 Å². The van der Waals surface area contributed by atoms with Gasteiger partial charge >= 0.3 is 0 Å². The van der Waals surface area contributed by atoms with Gasteiger partial charge in [-0.15, -0.1) is 0 Å². The average molecular weight is 364 g/mol. The monoisotopic (exact) mass is 364 g/mol. The molecule has 0 amide bonds. The van der Waals surface area contributed by atoms with E-state index in [-0.39, 0.29) is 0 Å². The zero-order chi connectivity index (χ0) is 19.2. The number of hydrogen-bond acceptors (Lipinski definition) is 6. The minimum atomic E-state index is 0.661. The Balaban J connectivity index is 1.83. The molecule has 2 aromatic carbocycles. The summed E-state index contributed by atoms with van der Waals surface area (Å²) in [6.07, 6.45) is 0. The van der Waals surface area contributed by atoms with Crippen LogP contribution in [0, 0.1) is 6.92 Å². The Morgan fingerprint density at radius 2 is 1.74 bits per heavy atom. The van der Waals surface area contributed by atoms with Crippen molar-refractivity contribution in [2.45, 2.75) is 13.5 Å². The van der Waals surface area contributed by atoms with Crippen LogP contribution in [0.1, 0.15) is 11.3 Å². The van der Waals surface area contributed by atoms with E-state index in [1.54, 1.807) is 14.2 Å². The molecule has 0 bridgehead atoms. The highest BCUT2D eigenvalue weighted by Gasteiger charge is 2.11. The third-order valence-corrected chi connectivity index (χ3v) is 4.12. The molecule has 6 nitrogen and oxygen atoms in total. The van der Waals surface area contributed by atoms with Crippen LogP contribution in [0.4, 0.5) is 17.5 Å². The number of benzene rings is 2. The molecule has 0 spiro atoms. The van der Waals surface area contributed by atoms with Crippen molar-refractivity contribution in [3.05, 3.63) is 65.9 Å². The lowest BCUT2D eigenvalue weighted by molar-refractivity contribution is 0.395. The van der Waals surface area contributed by atoms with E-state index >= 15 is 0 Å². The van der Waals surface area contributed by atoms with Crippen LogP contribution >= 0.6 is 0 Å². The molecular weight excluding hydrogens is 340 g/mol. The number of aryl methyl sites for hydroxylation is 1. The second kappa shape index (κ2) is 8.40. The maximum Gasteiger partial charge on any atom is 0.227 e. The zero-order valence-corrected chi connectivity index (χ0v) is 16.1. The summed E-state index contributed by atoms with van der Waals surface area (Å²) in [5.41, 5.74) is 2.90. The highest BCUT2D eigenvalue weighted by molar-refractivity contribution is 5.66. The molecule has 1 heterocycles. The number of rotatable bonds is 7. The number of nitrogens with one attached hydrogen (secondary N) is 1. The summed E-state index contributed by atoms with van der Waals surface area (Å²) in [5, 5.41) is 3.32. The maximum absolute atomic E-state index is 5.45. The smallest absolute Gasteiger partial charge is 0.227 e. The van der Waals surface area contributed by atoms with Gasteiger partial charge in [0.15, 0.2) is 0 Å². The Labute approximate surface area is 159 Å². The number of methoxy groups -OCH3 is 2. The van der Waals surface area contributed by atoms with E-state index in [0.717, 1.165) is 23.7 Å². The van der Waals surface area contributed by atoms with Crippen molar-refractivity contribution < 1.29 is 9.47 Å². The van der Waals surface area contributed by atoms with Gasteiger partial charge in [-0.3, -0.25) is 0 Å². The predicted molar refractivity (Wildman–Crippen MR) is 108 cm³/mol. The summed E-state index contributed by atoms with van der Waals surface area (Å²) >= 11 is 0. The Morgan fingerprint density at radius 1 is 0.963 bits per heavy atom. The minimum Gasteiger partial charge on any atom is -0.497 e. The Morgan fingerprint density at radius 3 is 2.44 bits per heavy atom. The lowest BCUT2D eigenvalue weighted by Gasteiger charge is -2.19. The highest BCUT2D eigenvalue weighted by atomic mass is 16.5. The first-order valence-electron chi connectivity index (χ1n) is 8.69. The van der Waals surface area contributed by atoms with Crippen LogP contribution in [0.25, 0.3) is 0 Å². The van der Waals surface area contributed by atoms with E-state index in [1.807, 2.05) is 61.3 Å². The van der Waals surface area contributed by atoms with Crippen LogP contribution in [0.5, 0.6) is 11.5 Å². The third kappa shape index (κ3) is 4.67. The van der Waals surface area contributed by atoms with Crippen LogP contribution in [-0.2, 0) is 6.54 Å². The summed E-state index contributed by atoms with van der Waals surface area (Å²) in [7, 11) is 5.24. The van der Waals surface area contributed by atoms with Gasteiger partial charge in [0.1, 0.15) is 17.3 Å². The lowest BCUT2D eigenvalue weighted by Crippen LogP contribution is -2.19. The fourth-order valence-corrected chi connectivity index (χ4v) is 2.76. The van der Waals surface area contributed by atoms with Crippen molar-refractivity contribution in [1.82, 2.24) is 9.97 Å². The second-order valence-electron chi connectivity index (χ2n) is 6.23. The fourth-order valence-electron chi connectivity index (χ4n) is 2.76. The van der Waals surface area contributed by atoms with Crippen LogP contribution in [0.2, 0.25) is 0 Å². The van der Waals surface area contributed by atoms with E-state index in [1.165, 1.54) is 5.56 Å². The van der Waals surface area contributed by atoms with Gasteiger partial charge in [-0.2, -0.15) is 4.98 Å². The van der Waals surface area contributed by atoms with E-state index in [0.29, 0.717) is 17.5 Å². The summed E-state index contributed by atoms with van der Waals surface area (Å²) in [4.78, 5) is 11.3. The van der Waals surface area contributed by atoms with Crippen molar-refractivity contribution >= 4 is 17.5 Å². The molecule has 140 valence electrons. The van der Waals surface area contributed by atoms with Crippen molar-refractivity contribution in [1.29, 1.82) is 0 Å². The molecule has 0 aliphatic rings. The topological polar surface area (TPSA) is 59.5 Å². The summed E-state index contributed by atoms with van der Waals surface area (Å²) < 4.78 is 10.7. The van der Waals surface area contributed by atoms with Crippen LogP contribution in [0.3, 0.4) is 0 Å². The van der Waals surface area contributed by atoms with E-state index in [9.17, 15) is 0 Å². The van der Waals surface area contributed by atoms with Crippen LogP contribution in [0.15, 0.2) is 54.6 Å². The first-order chi connectivity index (χ1) is 13.1. The van der Waals surface area contributed by atoms with E-state index < -0.39 is 0 Å². The number of nitrogens with zero attached hydrogens (tertiary/aromatic N) is 3. The number of hydrogen-bond donors (Lipinski definition) is 1. The van der Waals surface area contributed by atoms with Gasteiger partial charge in [0.05, 0.1) is 19.9 Å². The SMILES string of the molecule is COc1ccc(Nc2cc(C)nc(N(C)Cc3ccccc3)n2)c(OC)c1. The van der Waals surface area contributed by atoms with Crippen molar-refractivity contribution in [2.24, 2.45) is 0 Å². The second-order valence-corrected chi connectivity index (χ2v) is 6.23. The lowest BCUT2D eigenvalue weighted by atomic mass is 10.2. The highest BCUT2D eigenvalue weighted by Crippen LogP contribution is 2.31. The van der Waals surface area contributed by atoms with Gasteiger partial charge in [-0.25, -0.2) is 4.98 Å². The molecule has 0 unspecified atom stereocenters. The molecule has 27 heavy (non-hydrogen) atoms. The van der Waals surface area contributed by atoms with Gasteiger partial charge in [0, 0.05) is 31.4 Å². The average Bonchev–Trinajstić information content (AvgIpc) is 2.68. The first kappa shape index (κ1) is 18.5. The van der Waals surface area contributed by atoms with Crippen molar-refractivity contribution in [2.75, 3.05) is 31.5 Å². The van der Waals surface area contributed by atoms with Crippen molar-refractivity contribution in [3.63, 3.8) is 0 Å². The number of ether oxygens (including phenoxy) is 2. The molecule has 0 radical (unpaired) electrons. The van der Waals surface area contributed by atoms with Crippen molar-refractivity contribution in [3.8, 4) is 11.5 Å². The summed E-state index contributed by atoms with van der Waals surface area (Å²) in [5.74, 6) is 2.79. The normalized spacial score (nSPS) is 10.4. The molecule has 1 aromatic heterocycles. The third-order valence-electron chi connectivity index (χ3n) is 4.12. The molecule has 0 saturated carbocycles. The molecule has 0 atom stereocenters. The largest absolute Gasteiger partial charge is 0.497 e. The molecule has 3 rings (SSSR count). The fraction of sp³-hybridized carbons (Fsp3) is 0.238. The van der Waals surface area contributed by atoms with Gasteiger partial charge in [0.2, 0.25) is 5.95 Å². The Bertz CT molecular complexity index is 900. The molecule has 0 fully saturated rings.